The number of hydrogen-bond acceptors (Lipinski definition) is 4. The highest BCUT2D eigenvalue weighted by molar-refractivity contribution is 5.94. The highest BCUT2D eigenvalue weighted by Crippen LogP contribution is 2.30. The molecule has 0 unspecified atom stereocenters. The first-order valence-electron chi connectivity index (χ1n) is 6.24. The summed E-state index contributed by atoms with van der Waals surface area (Å²) in [4.78, 5) is 12.8. The molecule has 0 bridgehead atoms. The molecule has 0 aliphatic rings. The molecule has 2 N–H and O–H groups in total. The summed E-state index contributed by atoms with van der Waals surface area (Å²) in [5.74, 6) is 0.549. The van der Waals surface area contributed by atoms with Crippen LogP contribution in [0, 0.1) is 0 Å². The monoisotopic (exact) mass is 250 g/mol. The molecule has 0 spiro atoms. The van der Waals surface area contributed by atoms with Crippen LogP contribution in [-0.4, -0.2) is 15.0 Å². The molecule has 4 heteroatoms. The van der Waals surface area contributed by atoms with E-state index in [1.807, 2.05) is 24.3 Å². The van der Waals surface area contributed by atoms with Gasteiger partial charge in [-0.2, -0.15) is 0 Å². The topological polar surface area (TPSA) is 64.7 Å². The van der Waals surface area contributed by atoms with Gasteiger partial charge in [0, 0.05) is 22.7 Å². The number of nitrogen functional groups attached to an aromatic ring is 1. The lowest BCUT2D eigenvalue weighted by atomic mass is 10.0. The van der Waals surface area contributed by atoms with Crippen molar-refractivity contribution in [3.8, 4) is 11.3 Å². The van der Waals surface area contributed by atoms with Crippen molar-refractivity contribution in [2.24, 2.45) is 0 Å². The number of aromatic nitrogens is 3. The van der Waals surface area contributed by atoms with E-state index < -0.39 is 0 Å². The van der Waals surface area contributed by atoms with Gasteiger partial charge in [0.2, 0.25) is 0 Å². The molecule has 0 saturated heterocycles. The van der Waals surface area contributed by atoms with Crippen LogP contribution in [-0.2, 0) is 6.42 Å². The van der Waals surface area contributed by atoms with E-state index in [0.29, 0.717) is 5.82 Å². The van der Waals surface area contributed by atoms with Crippen molar-refractivity contribution in [3.05, 3.63) is 48.4 Å². The highest BCUT2D eigenvalue weighted by Gasteiger charge is 2.12. The lowest BCUT2D eigenvalue weighted by Gasteiger charge is -2.10. The first-order chi connectivity index (χ1) is 9.31. The molecular formula is C15H14N4. The number of pyridine rings is 1. The fourth-order valence-electron chi connectivity index (χ4n) is 2.32. The molecule has 4 nitrogen and oxygen atoms in total. The molecule has 19 heavy (non-hydrogen) atoms. The Kier molecular flexibility index (Phi) is 2.83. The van der Waals surface area contributed by atoms with Crippen molar-refractivity contribution in [1.29, 1.82) is 0 Å². The molecule has 0 aliphatic heterocycles. The molecule has 0 saturated carbocycles. The third-order valence-electron chi connectivity index (χ3n) is 3.23. The molecular weight excluding hydrogens is 236 g/mol. The quantitative estimate of drug-likeness (QED) is 0.759. The van der Waals surface area contributed by atoms with Gasteiger partial charge >= 0.3 is 0 Å². The first-order valence-corrected chi connectivity index (χ1v) is 6.24. The van der Waals surface area contributed by atoms with Crippen LogP contribution in [0.5, 0.6) is 0 Å². The molecule has 1 aromatic carbocycles. The molecule has 2 aromatic heterocycles. The van der Waals surface area contributed by atoms with Crippen molar-refractivity contribution < 1.29 is 0 Å². The lowest BCUT2D eigenvalue weighted by Crippen LogP contribution is -2.01. The summed E-state index contributed by atoms with van der Waals surface area (Å²) in [5, 5.41) is 1.08. The number of benzene rings is 1. The van der Waals surface area contributed by atoms with Crippen molar-refractivity contribution in [1.82, 2.24) is 15.0 Å². The Morgan fingerprint density at radius 1 is 1.05 bits per heavy atom. The van der Waals surface area contributed by atoms with Gasteiger partial charge in [0.15, 0.2) is 0 Å². The number of fused-ring (bicyclic) bond motifs is 1. The average Bonchev–Trinajstić information content (AvgIpc) is 2.46. The summed E-state index contributed by atoms with van der Waals surface area (Å²) in [6.07, 6.45) is 4.11. The van der Waals surface area contributed by atoms with E-state index >= 15 is 0 Å². The summed E-state index contributed by atoms with van der Waals surface area (Å²) >= 11 is 0. The largest absolute Gasteiger partial charge is 0.383 e. The summed E-state index contributed by atoms with van der Waals surface area (Å²) in [7, 11) is 0. The SMILES string of the molecule is CCc1c(N)ncnc1-c1cccc2ncccc12. The molecule has 0 atom stereocenters. The summed E-state index contributed by atoms with van der Waals surface area (Å²) < 4.78 is 0. The molecule has 0 radical (unpaired) electrons. The zero-order chi connectivity index (χ0) is 13.2. The Morgan fingerprint density at radius 3 is 2.79 bits per heavy atom. The molecule has 3 rings (SSSR count). The second kappa shape index (κ2) is 4.65. The Morgan fingerprint density at radius 2 is 1.95 bits per heavy atom. The minimum atomic E-state index is 0.549. The summed E-state index contributed by atoms with van der Waals surface area (Å²) in [6, 6.07) is 10.0. The van der Waals surface area contributed by atoms with Gasteiger partial charge in [-0.25, -0.2) is 9.97 Å². The van der Waals surface area contributed by atoms with Crippen LogP contribution in [0.25, 0.3) is 22.2 Å². The van der Waals surface area contributed by atoms with Crippen molar-refractivity contribution in [2.45, 2.75) is 13.3 Å². The highest BCUT2D eigenvalue weighted by atomic mass is 14.9. The molecule has 0 aliphatic carbocycles. The fraction of sp³-hybridized carbons (Fsp3) is 0.133. The molecule has 0 fully saturated rings. The van der Waals surface area contributed by atoms with E-state index in [4.69, 9.17) is 5.73 Å². The Labute approximate surface area is 111 Å². The first kappa shape index (κ1) is 11.6. The van der Waals surface area contributed by atoms with Crippen molar-refractivity contribution >= 4 is 16.7 Å². The second-order valence-electron chi connectivity index (χ2n) is 4.32. The van der Waals surface area contributed by atoms with Crippen LogP contribution in [0.15, 0.2) is 42.9 Å². The second-order valence-corrected chi connectivity index (χ2v) is 4.32. The maximum Gasteiger partial charge on any atom is 0.130 e. The Balaban J connectivity index is 2.34. The van der Waals surface area contributed by atoms with E-state index in [1.165, 1.54) is 6.33 Å². The normalized spacial score (nSPS) is 10.8. The lowest BCUT2D eigenvalue weighted by molar-refractivity contribution is 1.06. The predicted molar refractivity (Wildman–Crippen MR) is 76.6 cm³/mol. The van der Waals surface area contributed by atoms with Crippen LogP contribution in [0.4, 0.5) is 5.82 Å². The van der Waals surface area contributed by atoms with E-state index in [2.05, 4.69) is 27.9 Å². The smallest absolute Gasteiger partial charge is 0.130 e. The van der Waals surface area contributed by atoms with E-state index in [-0.39, 0.29) is 0 Å². The van der Waals surface area contributed by atoms with Crippen LogP contribution >= 0.6 is 0 Å². The molecule has 2 heterocycles. The Hall–Kier alpha value is -2.49. The standard InChI is InChI=1S/C15H14N4/c1-2-10-14(18-9-19-15(10)16)12-5-3-7-13-11(12)6-4-8-17-13/h3-9H,2H2,1H3,(H2,16,18,19). The van der Waals surface area contributed by atoms with Gasteiger partial charge in [-0.1, -0.05) is 25.1 Å². The van der Waals surface area contributed by atoms with Gasteiger partial charge in [0.25, 0.3) is 0 Å². The van der Waals surface area contributed by atoms with Crippen molar-refractivity contribution in [2.75, 3.05) is 5.73 Å². The van der Waals surface area contributed by atoms with E-state index in [1.54, 1.807) is 6.20 Å². The number of nitrogens with zero attached hydrogens (tertiary/aromatic N) is 3. The number of hydrogen-bond donors (Lipinski definition) is 1. The maximum atomic E-state index is 5.95. The van der Waals surface area contributed by atoms with Gasteiger partial charge in [-0.3, -0.25) is 4.98 Å². The van der Waals surface area contributed by atoms with Gasteiger partial charge < -0.3 is 5.73 Å². The van der Waals surface area contributed by atoms with Crippen LogP contribution in [0.1, 0.15) is 12.5 Å². The summed E-state index contributed by atoms with van der Waals surface area (Å²) in [6.45, 7) is 2.06. The fourth-order valence-corrected chi connectivity index (χ4v) is 2.32. The van der Waals surface area contributed by atoms with E-state index in [0.717, 1.165) is 34.1 Å². The minimum Gasteiger partial charge on any atom is -0.383 e. The van der Waals surface area contributed by atoms with Gasteiger partial charge in [0.1, 0.15) is 12.1 Å². The molecule has 94 valence electrons. The van der Waals surface area contributed by atoms with Gasteiger partial charge in [-0.05, 0) is 18.6 Å². The van der Waals surface area contributed by atoms with Crippen molar-refractivity contribution in [3.63, 3.8) is 0 Å². The number of anilines is 1. The molecule has 3 aromatic rings. The summed E-state index contributed by atoms with van der Waals surface area (Å²) in [5.41, 5.74) is 9.84. The number of nitrogens with two attached hydrogens (primary N) is 1. The third kappa shape index (κ3) is 1.91. The van der Waals surface area contributed by atoms with E-state index in [9.17, 15) is 0 Å². The minimum absolute atomic E-state index is 0.549. The predicted octanol–water partition coefficient (Wildman–Crippen LogP) is 2.84. The van der Waals surface area contributed by atoms with Gasteiger partial charge in [0.05, 0.1) is 11.2 Å². The average molecular weight is 250 g/mol. The van der Waals surface area contributed by atoms with Gasteiger partial charge in [-0.15, -0.1) is 0 Å². The molecule has 0 amide bonds. The number of rotatable bonds is 2. The Bertz CT molecular complexity index is 732. The zero-order valence-corrected chi connectivity index (χ0v) is 10.7. The van der Waals surface area contributed by atoms with Crippen LogP contribution in [0.2, 0.25) is 0 Å². The maximum absolute atomic E-state index is 5.95. The van der Waals surface area contributed by atoms with Crippen LogP contribution in [0.3, 0.4) is 0 Å². The third-order valence-corrected chi connectivity index (χ3v) is 3.23. The zero-order valence-electron chi connectivity index (χ0n) is 10.7. The van der Waals surface area contributed by atoms with Crippen LogP contribution < -0.4 is 5.73 Å².